The lowest BCUT2D eigenvalue weighted by Crippen LogP contribution is -2.49. The number of imide groups is 1. The number of hydrogen-bond donors (Lipinski definition) is 4. The van der Waals surface area contributed by atoms with Crippen LogP contribution in [0.2, 0.25) is 0 Å². The highest BCUT2D eigenvalue weighted by molar-refractivity contribution is 7.89. The summed E-state index contributed by atoms with van der Waals surface area (Å²) in [6, 6.07) is 23.0. The first-order chi connectivity index (χ1) is 24.7. The van der Waals surface area contributed by atoms with E-state index in [9.17, 15) is 18.0 Å². The summed E-state index contributed by atoms with van der Waals surface area (Å²) >= 11 is 0. The van der Waals surface area contributed by atoms with Crippen LogP contribution in [0.25, 0.3) is 0 Å². The largest absolute Gasteiger partial charge is 0.371 e. The fourth-order valence-electron chi connectivity index (χ4n) is 6.43. The van der Waals surface area contributed by atoms with Crippen LogP contribution in [0.15, 0.2) is 83.9 Å². The van der Waals surface area contributed by atoms with Gasteiger partial charge in [0, 0.05) is 78.7 Å². The second-order valence-electron chi connectivity index (χ2n) is 14.5. The first-order valence-electron chi connectivity index (χ1n) is 17.5. The Morgan fingerprint density at radius 2 is 1.60 bits per heavy atom. The molecule has 274 valence electrons. The minimum Gasteiger partial charge on any atom is -0.371 e. The van der Waals surface area contributed by atoms with Crippen LogP contribution >= 0.6 is 0 Å². The Kier molecular flexibility index (Phi) is 10.8. The van der Waals surface area contributed by atoms with Gasteiger partial charge >= 0.3 is 6.03 Å². The van der Waals surface area contributed by atoms with Crippen LogP contribution in [0.1, 0.15) is 51.2 Å². The number of anilines is 6. The third-order valence-electron chi connectivity index (χ3n) is 9.13. The number of rotatable bonds is 11. The first-order valence-corrected chi connectivity index (χ1v) is 19.0. The van der Waals surface area contributed by atoms with Gasteiger partial charge in [-0.05, 0) is 108 Å². The van der Waals surface area contributed by atoms with Crippen LogP contribution < -0.4 is 30.5 Å². The van der Waals surface area contributed by atoms with E-state index in [0.717, 1.165) is 55.1 Å². The van der Waals surface area contributed by atoms with Crippen molar-refractivity contribution >= 4 is 56.5 Å². The van der Waals surface area contributed by atoms with Gasteiger partial charge in [0.25, 0.3) is 0 Å². The predicted molar refractivity (Wildman–Crippen MR) is 205 cm³/mol. The molecule has 0 saturated carbocycles. The number of urea groups is 1. The molecule has 2 saturated heterocycles. The molecule has 2 fully saturated rings. The number of sulfonamides is 1. The highest BCUT2D eigenvalue weighted by Gasteiger charge is 2.26. The zero-order valence-corrected chi connectivity index (χ0v) is 31.1. The molecule has 3 amide bonds. The van der Waals surface area contributed by atoms with Gasteiger partial charge in [-0.25, -0.2) is 22.9 Å². The maximum atomic E-state index is 12.9. The van der Waals surface area contributed by atoms with Crippen molar-refractivity contribution in [2.75, 3.05) is 47.1 Å². The third kappa shape index (κ3) is 9.24. The number of hydrogen-bond acceptors (Lipinski definition) is 10. The van der Waals surface area contributed by atoms with Crippen molar-refractivity contribution in [1.82, 2.24) is 24.9 Å². The number of aromatic nitrogens is 2. The number of carbonyl (C=O) groups is 2. The Bertz CT molecular complexity index is 2010. The molecule has 0 aliphatic carbocycles. The first kappa shape index (κ1) is 36.7. The van der Waals surface area contributed by atoms with Gasteiger partial charge in [-0.2, -0.15) is 4.98 Å². The van der Waals surface area contributed by atoms with Gasteiger partial charge in [0.05, 0.1) is 4.90 Å². The minimum atomic E-state index is -3.69. The van der Waals surface area contributed by atoms with Crippen molar-refractivity contribution in [3.05, 3.63) is 90.1 Å². The van der Waals surface area contributed by atoms with Crippen molar-refractivity contribution in [2.45, 2.75) is 70.0 Å². The second-order valence-corrected chi connectivity index (χ2v) is 16.1. The van der Waals surface area contributed by atoms with Crippen LogP contribution in [-0.2, 0) is 21.4 Å². The van der Waals surface area contributed by atoms with E-state index < -0.39 is 15.6 Å². The molecule has 4 N–H and O–H groups in total. The molecule has 0 atom stereocenters. The maximum Gasteiger partial charge on any atom is 0.328 e. The zero-order valence-electron chi connectivity index (χ0n) is 30.3. The number of amides is 3. The van der Waals surface area contributed by atoms with E-state index in [4.69, 9.17) is 0 Å². The van der Waals surface area contributed by atoms with Gasteiger partial charge in [-0.15, -0.1) is 0 Å². The highest BCUT2D eigenvalue weighted by atomic mass is 32.2. The van der Waals surface area contributed by atoms with E-state index in [2.05, 4.69) is 71.8 Å². The van der Waals surface area contributed by atoms with Crippen LogP contribution in [0.3, 0.4) is 0 Å². The van der Waals surface area contributed by atoms with Gasteiger partial charge < -0.3 is 15.5 Å². The second kappa shape index (κ2) is 15.3. The van der Waals surface area contributed by atoms with E-state index in [1.54, 1.807) is 56.1 Å². The monoisotopic (exact) mass is 725 g/mol. The molecule has 0 spiro atoms. The highest BCUT2D eigenvalue weighted by Crippen LogP contribution is 2.27. The summed E-state index contributed by atoms with van der Waals surface area (Å²) in [4.78, 5) is 39.4. The molecular formula is C38H47N9O4S. The van der Waals surface area contributed by atoms with Gasteiger partial charge in [-0.1, -0.05) is 18.2 Å². The number of nitrogens with zero attached hydrogens (tertiary/aromatic N) is 5. The number of aryl methyl sites for hydroxylation is 1. The Morgan fingerprint density at radius 3 is 2.27 bits per heavy atom. The minimum absolute atomic E-state index is 0.170. The fourth-order valence-corrected chi connectivity index (χ4v) is 7.89. The zero-order chi connectivity index (χ0) is 37.0. The van der Waals surface area contributed by atoms with Crippen molar-refractivity contribution in [3.8, 4) is 0 Å². The fraction of sp³-hybridized carbons (Fsp3) is 0.368. The van der Waals surface area contributed by atoms with Crippen LogP contribution in [0.4, 0.5) is 39.3 Å². The average Bonchev–Trinajstić information content (AvgIpc) is 3.10. The molecule has 2 aliphatic heterocycles. The van der Waals surface area contributed by atoms with E-state index in [1.807, 2.05) is 31.2 Å². The standard InChI is InChI=1S/C38H47N9O4S/c1-26-24-39-36(43-35(26)40-29-7-6-8-33(23-29)52(50,51)44-38(2,3)4)41-28-11-15-31(16-12-28)46-20-17-30(18-21-46)45(5)25-27-9-13-32(14-10-27)47-22-19-34(48)42-37(47)49/h6-16,23-24,30,44H,17-22,25H2,1-5H3,(H,42,48,49)(H2,39,40,41,43). The molecule has 1 aromatic heterocycles. The summed E-state index contributed by atoms with van der Waals surface area (Å²) < 4.78 is 28.4. The lowest BCUT2D eigenvalue weighted by Gasteiger charge is -2.38. The SMILES string of the molecule is Cc1cnc(Nc2ccc(N3CCC(N(C)Cc4ccc(N5CCC(=O)NC5=O)cc4)CC3)cc2)nc1Nc1cccc(S(=O)(=O)NC(C)(C)C)c1. The van der Waals surface area contributed by atoms with E-state index >= 15 is 0 Å². The summed E-state index contributed by atoms with van der Waals surface area (Å²) in [7, 11) is -1.52. The normalized spacial score (nSPS) is 15.9. The predicted octanol–water partition coefficient (Wildman–Crippen LogP) is 5.90. The molecule has 2 aliphatic rings. The van der Waals surface area contributed by atoms with E-state index in [1.165, 1.54) is 5.56 Å². The van der Waals surface area contributed by atoms with Crippen LogP contribution in [-0.4, -0.2) is 73.5 Å². The molecule has 13 nitrogen and oxygen atoms in total. The summed E-state index contributed by atoms with van der Waals surface area (Å²) in [5.41, 5.74) is 4.81. The summed E-state index contributed by atoms with van der Waals surface area (Å²) in [6.07, 6.45) is 4.13. The van der Waals surface area contributed by atoms with Gasteiger partial charge in [0.2, 0.25) is 21.9 Å². The quantitative estimate of drug-likeness (QED) is 0.147. The van der Waals surface area contributed by atoms with Crippen molar-refractivity contribution in [1.29, 1.82) is 0 Å². The Labute approximate surface area is 305 Å². The number of piperidine rings is 1. The summed E-state index contributed by atoms with van der Waals surface area (Å²) in [6.45, 7) is 10.4. The molecule has 4 aromatic rings. The Hall–Kier alpha value is -5.05. The molecule has 0 radical (unpaired) electrons. The molecule has 14 heteroatoms. The van der Waals surface area contributed by atoms with E-state index in [0.29, 0.717) is 36.5 Å². The number of nitrogens with one attached hydrogen (secondary N) is 4. The Morgan fingerprint density at radius 1 is 0.904 bits per heavy atom. The average molecular weight is 726 g/mol. The van der Waals surface area contributed by atoms with Crippen molar-refractivity contribution in [2.24, 2.45) is 0 Å². The molecule has 0 unspecified atom stereocenters. The van der Waals surface area contributed by atoms with Gasteiger partial charge in [0.1, 0.15) is 5.82 Å². The summed E-state index contributed by atoms with van der Waals surface area (Å²) in [5, 5.41) is 8.92. The molecule has 3 aromatic carbocycles. The summed E-state index contributed by atoms with van der Waals surface area (Å²) in [5.74, 6) is 0.762. The number of carbonyl (C=O) groups excluding carboxylic acids is 2. The van der Waals surface area contributed by atoms with Crippen molar-refractivity contribution < 1.29 is 18.0 Å². The van der Waals surface area contributed by atoms with E-state index in [-0.39, 0.29) is 16.8 Å². The lowest BCUT2D eigenvalue weighted by molar-refractivity contribution is -0.120. The lowest BCUT2D eigenvalue weighted by atomic mass is 10.0. The topological polar surface area (TPSA) is 152 Å². The molecular weight excluding hydrogens is 679 g/mol. The van der Waals surface area contributed by atoms with Gasteiger partial charge in [0.15, 0.2) is 0 Å². The number of benzene rings is 3. The van der Waals surface area contributed by atoms with Crippen LogP contribution in [0, 0.1) is 6.92 Å². The maximum absolute atomic E-state index is 12.9. The van der Waals surface area contributed by atoms with Crippen LogP contribution in [0.5, 0.6) is 0 Å². The third-order valence-corrected chi connectivity index (χ3v) is 10.9. The van der Waals surface area contributed by atoms with Gasteiger partial charge in [-0.3, -0.25) is 19.9 Å². The molecule has 3 heterocycles. The smallest absolute Gasteiger partial charge is 0.328 e. The molecule has 52 heavy (non-hydrogen) atoms. The molecule has 0 bridgehead atoms. The Balaban J connectivity index is 1.01. The van der Waals surface area contributed by atoms with Crippen molar-refractivity contribution in [3.63, 3.8) is 0 Å². The molecule has 6 rings (SSSR count).